The summed E-state index contributed by atoms with van der Waals surface area (Å²) in [5.74, 6) is -1.45. The molecule has 0 aromatic heterocycles. The van der Waals surface area contributed by atoms with Crippen molar-refractivity contribution in [1.29, 1.82) is 0 Å². The number of carbonyl (C=O) groups is 1. The molecule has 1 rings (SSSR count). The van der Waals surface area contributed by atoms with Gasteiger partial charge in [-0.15, -0.1) is 0 Å². The summed E-state index contributed by atoms with van der Waals surface area (Å²) in [5, 5.41) is 8.60. The van der Waals surface area contributed by atoms with E-state index in [1.807, 2.05) is 0 Å². The molecule has 1 aromatic carbocycles. The summed E-state index contributed by atoms with van der Waals surface area (Å²) in [4.78, 5) is 9.86. The first-order valence-corrected chi connectivity index (χ1v) is 4.86. The Morgan fingerprint density at radius 2 is 1.93 bits per heavy atom. The van der Waals surface area contributed by atoms with Crippen molar-refractivity contribution < 1.29 is 53.9 Å². The van der Waals surface area contributed by atoms with Gasteiger partial charge in [-0.2, -0.15) is 8.42 Å². The number of nitrogen functional groups attached to an aromatic ring is 1. The molecule has 1 aromatic rings. The van der Waals surface area contributed by atoms with Gasteiger partial charge in [0.25, 0.3) is 10.1 Å². The summed E-state index contributed by atoms with van der Waals surface area (Å²) >= 11 is 0. The quantitative estimate of drug-likeness (QED) is 0.295. The maximum atomic E-state index is 10.7. The topological polar surface area (TPSA) is 118 Å². The average molecular weight is 241 g/mol. The molecule has 0 saturated carbocycles. The fraction of sp³-hybridized carbons (Fsp3) is 0. The molecule has 4 N–H and O–H groups in total. The van der Waals surface area contributed by atoms with Gasteiger partial charge in [-0.05, 0) is 18.2 Å². The molecule has 0 unspecified atom stereocenters. The Morgan fingerprint density at radius 1 is 1.40 bits per heavy atom. The number of hydrogen-bond acceptors (Lipinski definition) is 4. The second-order valence-electron chi connectivity index (χ2n) is 2.54. The first kappa shape index (κ1) is 14.4. The number of benzene rings is 1. The molecular formula is C7H8NNaO5S. The minimum Gasteiger partial charge on any atom is -1.00 e. The predicted molar refractivity (Wildman–Crippen MR) is 48.7 cm³/mol. The Bertz CT molecular complexity index is 490. The van der Waals surface area contributed by atoms with E-state index in [-0.39, 0.29) is 36.7 Å². The summed E-state index contributed by atoms with van der Waals surface area (Å²) in [6.07, 6.45) is 0. The molecule has 0 amide bonds. The maximum absolute atomic E-state index is 10.7. The number of hydrogen-bond donors (Lipinski definition) is 3. The van der Waals surface area contributed by atoms with Gasteiger partial charge in [0.05, 0.1) is 5.56 Å². The van der Waals surface area contributed by atoms with Crippen molar-refractivity contribution >= 4 is 21.8 Å². The van der Waals surface area contributed by atoms with Crippen molar-refractivity contribution in [3.63, 3.8) is 0 Å². The zero-order valence-corrected chi connectivity index (χ0v) is 10.7. The Kier molecular flexibility index (Phi) is 4.75. The molecule has 0 spiro atoms. The van der Waals surface area contributed by atoms with Crippen LogP contribution in [-0.2, 0) is 10.1 Å². The van der Waals surface area contributed by atoms with Crippen LogP contribution in [0.25, 0.3) is 0 Å². The Hall–Kier alpha value is -0.600. The van der Waals surface area contributed by atoms with E-state index in [1.165, 1.54) is 6.07 Å². The molecule has 0 saturated heterocycles. The number of aromatic carboxylic acids is 1. The molecule has 0 aliphatic heterocycles. The van der Waals surface area contributed by atoms with Gasteiger partial charge >= 0.3 is 35.5 Å². The molecule has 78 valence electrons. The Balaban J connectivity index is 0. The molecule has 0 atom stereocenters. The van der Waals surface area contributed by atoms with E-state index >= 15 is 0 Å². The second kappa shape index (κ2) is 4.95. The summed E-state index contributed by atoms with van der Waals surface area (Å²) in [6.45, 7) is 0. The predicted octanol–water partition coefficient (Wildman–Crippen LogP) is -2.67. The van der Waals surface area contributed by atoms with Crippen LogP contribution < -0.4 is 35.3 Å². The van der Waals surface area contributed by atoms with Crippen LogP contribution in [-0.4, -0.2) is 24.0 Å². The first-order chi connectivity index (χ1) is 6.32. The number of anilines is 1. The van der Waals surface area contributed by atoms with Crippen LogP contribution in [0.1, 0.15) is 11.8 Å². The van der Waals surface area contributed by atoms with Crippen molar-refractivity contribution in [3.8, 4) is 0 Å². The molecule has 0 aliphatic rings. The van der Waals surface area contributed by atoms with Gasteiger partial charge in [0, 0.05) is 5.69 Å². The fourth-order valence-corrected chi connectivity index (χ4v) is 1.65. The molecular weight excluding hydrogens is 233 g/mol. The van der Waals surface area contributed by atoms with Crippen LogP contribution in [0.15, 0.2) is 23.1 Å². The molecule has 0 radical (unpaired) electrons. The summed E-state index contributed by atoms with van der Waals surface area (Å²) < 4.78 is 30.2. The molecule has 0 fully saturated rings. The number of carboxylic acids is 1. The third kappa shape index (κ3) is 3.47. The minimum absolute atomic E-state index is 0. The molecule has 15 heavy (non-hydrogen) atoms. The SMILES string of the molecule is Nc1ccc(C(=O)O)c(S(=O)(=O)O)c1.[H-].[Na+]. The van der Waals surface area contributed by atoms with Crippen molar-refractivity contribution in [2.24, 2.45) is 0 Å². The normalized spacial score (nSPS) is 10.5. The monoisotopic (exact) mass is 241 g/mol. The summed E-state index contributed by atoms with van der Waals surface area (Å²) in [7, 11) is -4.56. The fourth-order valence-electron chi connectivity index (χ4n) is 0.929. The summed E-state index contributed by atoms with van der Waals surface area (Å²) in [5.41, 5.74) is 4.80. The smallest absolute Gasteiger partial charge is 1.00 e. The van der Waals surface area contributed by atoms with E-state index in [1.54, 1.807) is 0 Å². The molecule has 8 heteroatoms. The van der Waals surface area contributed by atoms with Gasteiger partial charge in [-0.3, -0.25) is 4.55 Å². The van der Waals surface area contributed by atoms with Crippen molar-refractivity contribution in [2.75, 3.05) is 5.73 Å². The second-order valence-corrected chi connectivity index (χ2v) is 3.93. The zero-order chi connectivity index (χ0) is 10.9. The third-order valence-corrected chi connectivity index (χ3v) is 2.41. The van der Waals surface area contributed by atoms with Crippen molar-refractivity contribution in [3.05, 3.63) is 23.8 Å². The maximum Gasteiger partial charge on any atom is 1.00 e. The largest absolute Gasteiger partial charge is 1.00 e. The number of rotatable bonds is 2. The van der Waals surface area contributed by atoms with Gasteiger partial charge in [-0.25, -0.2) is 4.79 Å². The van der Waals surface area contributed by atoms with E-state index in [2.05, 4.69) is 0 Å². The Morgan fingerprint density at radius 3 is 2.33 bits per heavy atom. The standard InChI is InChI=1S/C7H7NO5S.Na.H/c8-4-1-2-5(7(9)10)6(3-4)14(11,12)13;;/h1-3H,8H2,(H,9,10)(H,11,12,13);;/q;+1;-1. The van der Waals surface area contributed by atoms with Gasteiger partial charge in [0.2, 0.25) is 0 Å². The van der Waals surface area contributed by atoms with E-state index in [9.17, 15) is 13.2 Å². The van der Waals surface area contributed by atoms with Gasteiger partial charge in [-0.1, -0.05) is 0 Å². The van der Waals surface area contributed by atoms with Crippen LogP contribution in [0.3, 0.4) is 0 Å². The van der Waals surface area contributed by atoms with Crippen LogP contribution in [0.4, 0.5) is 5.69 Å². The molecule has 0 aliphatic carbocycles. The molecule has 0 bridgehead atoms. The van der Waals surface area contributed by atoms with Crippen molar-refractivity contribution in [2.45, 2.75) is 4.90 Å². The van der Waals surface area contributed by atoms with Gasteiger partial charge < -0.3 is 12.3 Å². The number of carboxylic acid groups (broad SMARTS) is 1. The van der Waals surface area contributed by atoms with E-state index < -0.39 is 26.5 Å². The Labute approximate surface area is 110 Å². The van der Waals surface area contributed by atoms with Gasteiger partial charge in [0.1, 0.15) is 4.90 Å². The van der Waals surface area contributed by atoms with E-state index in [4.69, 9.17) is 15.4 Å². The third-order valence-electron chi connectivity index (χ3n) is 1.51. The minimum atomic E-state index is -4.56. The van der Waals surface area contributed by atoms with E-state index in [0.29, 0.717) is 0 Å². The molecule has 0 heterocycles. The zero-order valence-electron chi connectivity index (χ0n) is 8.84. The van der Waals surface area contributed by atoms with Crippen LogP contribution in [0.5, 0.6) is 0 Å². The first-order valence-electron chi connectivity index (χ1n) is 3.42. The summed E-state index contributed by atoms with van der Waals surface area (Å²) in [6, 6.07) is 3.14. The van der Waals surface area contributed by atoms with Crippen LogP contribution in [0.2, 0.25) is 0 Å². The molecule has 6 nitrogen and oxygen atoms in total. The number of nitrogens with two attached hydrogens (primary N) is 1. The van der Waals surface area contributed by atoms with Crippen LogP contribution in [0, 0.1) is 0 Å². The average Bonchev–Trinajstić information content (AvgIpc) is 2.01. The van der Waals surface area contributed by atoms with Gasteiger partial charge in [0.15, 0.2) is 0 Å². The van der Waals surface area contributed by atoms with Crippen molar-refractivity contribution in [1.82, 2.24) is 0 Å². The van der Waals surface area contributed by atoms with E-state index in [0.717, 1.165) is 12.1 Å². The van der Waals surface area contributed by atoms with Crippen LogP contribution >= 0.6 is 0 Å².